The van der Waals surface area contributed by atoms with Crippen LogP contribution in [0.1, 0.15) is 25.3 Å². The Morgan fingerprint density at radius 2 is 2.28 bits per heavy atom. The number of methoxy groups -OCH3 is 1. The van der Waals surface area contributed by atoms with Gasteiger partial charge >= 0.3 is 0 Å². The van der Waals surface area contributed by atoms with Gasteiger partial charge < -0.3 is 15.0 Å². The summed E-state index contributed by atoms with van der Waals surface area (Å²) in [7, 11) is 1.77. The minimum absolute atomic E-state index is 0.240. The van der Waals surface area contributed by atoms with Gasteiger partial charge in [-0.25, -0.2) is 4.98 Å². The number of fused-ring (bicyclic) bond motifs is 1. The first-order valence-corrected chi connectivity index (χ1v) is 6.96. The number of hydrogen-bond acceptors (Lipinski definition) is 3. The third-order valence-electron chi connectivity index (χ3n) is 3.73. The molecule has 3 rings (SSSR count). The number of anilines is 1. The second-order valence-electron chi connectivity index (χ2n) is 4.75. The third-order valence-corrected chi connectivity index (χ3v) is 4.22. The Morgan fingerprint density at radius 1 is 1.44 bits per heavy atom. The molecular formula is C13H16BrN3O. The van der Waals surface area contributed by atoms with Crippen molar-refractivity contribution in [2.45, 2.75) is 31.4 Å². The van der Waals surface area contributed by atoms with E-state index in [0.717, 1.165) is 28.3 Å². The highest BCUT2D eigenvalue weighted by Gasteiger charge is 2.31. The van der Waals surface area contributed by atoms with Crippen LogP contribution in [-0.4, -0.2) is 22.8 Å². The molecule has 1 saturated carbocycles. The summed E-state index contributed by atoms with van der Waals surface area (Å²) < 4.78 is 8.74. The maximum Gasteiger partial charge on any atom is 0.201 e. The topological polar surface area (TPSA) is 53.1 Å². The Bertz CT molecular complexity index is 581. The fourth-order valence-electron chi connectivity index (χ4n) is 2.91. The molecule has 2 N–H and O–H groups in total. The molecular weight excluding hydrogens is 294 g/mol. The molecule has 1 heterocycles. The van der Waals surface area contributed by atoms with Crippen LogP contribution < -0.4 is 5.73 Å². The summed E-state index contributed by atoms with van der Waals surface area (Å²) in [6, 6.07) is 6.35. The van der Waals surface area contributed by atoms with Gasteiger partial charge in [-0.15, -0.1) is 0 Å². The molecule has 0 spiro atoms. The first-order chi connectivity index (χ1) is 8.70. The second kappa shape index (κ2) is 4.55. The van der Waals surface area contributed by atoms with Gasteiger partial charge in [0.25, 0.3) is 0 Å². The minimum atomic E-state index is 0.240. The number of nitrogen functional groups attached to an aromatic ring is 1. The van der Waals surface area contributed by atoms with Gasteiger partial charge in [0.15, 0.2) is 0 Å². The zero-order chi connectivity index (χ0) is 12.7. The number of benzene rings is 1. The van der Waals surface area contributed by atoms with Gasteiger partial charge in [0.2, 0.25) is 5.95 Å². The molecule has 0 saturated heterocycles. The lowest BCUT2D eigenvalue weighted by Gasteiger charge is -2.21. The van der Waals surface area contributed by atoms with Crippen molar-refractivity contribution in [3.8, 4) is 0 Å². The standard InChI is InChI=1S/C13H16BrN3O/c1-18-12-4-2-3-10(12)17-11-7-8(14)5-6-9(11)16-13(17)15/h5-7,10,12H,2-4H2,1H3,(H2,15,16). The quantitative estimate of drug-likeness (QED) is 0.927. The molecule has 1 aliphatic rings. The van der Waals surface area contributed by atoms with Crippen LogP contribution in [0.5, 0.6) is 0 Å². The Kier molecular flexibility index (Phi) is 3.03. The number of imidazole rings is 1. The van der Waals surface area contributed by atoms with Crippen LogP contribution in [-0.2, 0) is 4.74 Å². The molecule has 2 unspecified atom stereocenters. The lowest BCUT2D eigenvalue weighted by atomic mass is 10.2. The smallest absolute Gasteiger partial charge is 0.201 e. The molecule has 18 heavy (non-hydrogen) atoms. The van der Waals surface area contributed by atoms with E-state index >= 15 is 0 Å². The van der Waals surface area contributed by atoms with E-state index in [4.69, 9.17) is 10.5 Å². The first kappa shape index (κ1) is 12.0. The van der Waals surface area contributed by atoms with Gasteiger partial charge in [-0.3, -0.25) is 0 Å². The molecule has 0 radical (unpaired) electrons. The highest BCUT2D eigenvalue weighted by atomic mass is 79.9. The van der Waals surface area contributed by atoms with Crippen LogP contribution in [0.3, 0.4) is 0 Å². The monoisotopic (exact) mass is 309 g/mol. The highest BCUT2D eigenvalue weighted by Crippen LogP contribution is 2.36. The lowest BCUT2D eigenvalue weighted by molar-refractivity contribution is 0.0768. The molecule has 0 bridgehead atoms. The third kappa shape index (κ3) is 1.82. The largest absolute Gasteiger partial charge is 0.379 e. The van der Waals surface area contributed by atoms with Gasteiger partial charge in [-0.2, -0.15) is 0 Å². The van der Waals surface area contributed by atoms with E-state index in [-0.39, 0.29) is 6.10 Å². The SMILES string of the molecule is COC1CCCC1n1c(N)nc2ccc(Br)cc21. The molecule has 1 aromatic carbocycles. The first-order valence-electron chi connectivity index (χ1n) is 6.16. The average molecular weight is 310 g/mol. The summed E-state index contributed by atoms with van der Waals surface area (Å²) in [6.45, 7) is 0. The molecule has 1 fully saturated rings. The second-order valence-corrected chi connectivity index (χ2v) is 5.66. The predicted molar refractivity (Wildman–Crippen MR) is 75.5 cm³/mol. The number of aromatic nitrogens is 2. The van der Waals surface area contributed by atoms with Crippen LogP contribution in [0.25, 0.3) is 11.0 Å². The lowest BCUT2D eigenvalue weighted by Crippen LogP contribution is -2.21. The number of halogens is 1. The molecule has 2 aromatic rings. The fourth-order valence-corrected chi connectivity index (χ4v) is 3.26. The fraction of sp³-hybridized carbons (Fsp3) is 0.462. The summed E-state index contributed by atoms with van der Waals surface area (Å²) in [5, 5.41) is 0. The van der Waals surface area contributed by atoms with Crippen molar-refractivity contribution in [1.29, 1.82) is 0 Å². The van der Waals surface area contributed by atoms with E-state index in [2.05, 4.69) is 31.5 Å². The maximum absolute atomic E-state index is 6.08. The predicted octanol–water partition coefficient (Wildman–Crippen LogP) is 3.12. The minimum Gasteiger partial charge on any atom is -0.379 e. The number of rotatable bonds is 2. The van der Waals surface area contributed by atoms with Crippen molar-refractivity contribution >= 4 is 32.9 Å². The summed E-state index contributed by atoms with van der Waals surface area (Å²) in [4.78, 5) is 4.43. The summed E-state index contributed by atoms with van der Waals surface area (Å²) in [5.74, 6) is 0.581. The van der Waals surface area contributed by atoms with Crippen molar-refractivity contribution in [2.24, 2.45) is 0 Å². The molecule has 0 amide bonds. The van der Waals surface area contributed by atoms with E-state index in [1.807, 2.05) is 12.1 Å². The van der Waals surface area contributed by atoms with Gasteiger partial charge in [0.1, 0.15) is 0 Å². The zero-order valence-electron chi connectivity index (χ0n) is 10.3. The summed E-state index contributed by atoms with van der Waals surface area (Å²) in [6.07, 6.45) is 3.61. The Balaban J connectivity index is 2.15. The Morgan fingerprint density at radius 3 is 3.06 bits per heavy atom. The van der Waals surface area contributed by atoms with Gasteiger partial charge in [-0.05, 0) is 37.5 Å². The van der Waals surface area contributed by atoms with E-state index < -0.39 is 0 Å². The van der Waals surface area contributed by atoms with Gasteiger partial charge in [0, 0.05) is 11.6 Å². The molecule has 1 aliphatic carbocycles. The van der Waals surface area contributed by atoms with Gasteiger partial charge in [-0.1, -0.05) is 15.9 Å². The van der Waals surface area contributed by atoms with Crippen molar-refractivity contribution in [3.05, 3.63) is 22.7 Å². The summed E-state index contributed by atoms with van der Waals surface area (Å²) in [5.41, 5.74) is 8.10. The van der Waals surface area contributed by atoms with E-state index in [1.165, 1.54) is 6.42 Å². The zero-order valence-corrected chi connectivity index (χ0v) is 11.9. The van der Waals surface area contributed by atoms with E-state index in [9.17, 15) is 0 Å². The Labute approximate surface area is 114 Å². The van der Waals surface area contributed by atoms with Crippen LogP contribution in [0.2, 0.25) is 0 Å². The van der Waals surface area contributed by atoms with Crippen molar-refractivity contribution in [3.63, 3.8) is 0 Å². The van der Waals surface area contributed by atoms with Crippen molar-refractivity contribution < 1.29 is 4.74 Å². The normalized spacial score (nSPS) is 23.9. The molecule has 1 aromatic heterocycles. The van der Waals surface area contributed by atoms with Gasteiger partial charge in [0.05, 0.1) is 23.2 Å². The molecule has 4 nitrogen and oxygen atoms in total. The molecule has 2 atom stereocenters. The number of nitrogens with two attached hydrogens (primary N) is 1. The maximum atomic E-state index is 6.08. The van der Waals surface area contributed by atoms with Crippen molar-refractivity contribution in [2.75, 3.05) is 12.8 Å². The molecule has 96 valence electrons. The highest BCUT2D eigenvalue weighted by molar-refractivity contribution is 9.10. The van der Waals surface area contributed by atoms with E-state index in [0.29, 0.717) is 12.0 Å². The van der Waals surface area contributed by atoms with Crippen LogP contribution in [0.4, 0.5) is 5.95 Å². The number of hydrogen-bond donors (Lipinski definition) is 1. The van der Waals surface area contributed by atoms with Crippen LogP contribution in [0.15, 0.2) is 22.7 Å². The Hall–Kier alpha value is -1.07. The summed E-state index contributed by atoms with van der Waals surface area (Å²) >= 11 is 3.50. The molecule has 5 heteroatoms. The number of ether oxygens (including phenoxy) is 1. The average Bonchev–Trinajstić information content (AvgIpc) is 2.91. The number of nitrogens with zero attached hydrogens (tertiary/aromatic N) is 2. The molecule has 0 aliphatic heterocycles. The van der Waals surface area contributed by atoms with Crippen LogP contribution in [0, 0.1) is 0 Å². The van der Waals surface area contributed by atoms with Crippen LogP contribution >= 0.6 is 15.9 Å². The van der Waals surface area contributed by atoms with Crippen molar-refractivity contribution in [1.82, 2.24) is 9.55 Å². The van der Waals surface area contributed by atoms with E-state index in [1.54, 1.807) is 7.11 Å².